The van der Waals surface area contributed by atoms with Gasteiger partial charge in [0.05, 0.1) is 7.05 Å². The summed E-state index contributed by atoms with van der Waals surface area (Å²) in [7, 11) is 1.76. The lowest BCUT2D eigenvalue weighted by Crippen LogP contribution is -2.23. The predicted molar refractivity (Wildman–Crippen MR) is 78.1 cm³/mol. The molecule has 2 rings (SSSR count). The van der Waals surface area contributed by atoms with E-state index in [1.165, 1.54) is 4.80 Å². The summed E-state index contributed by atoms with van der Waals surface area (Å²) in [4.78, 5) is 1.47. The van der Waals surface area contributed by atoms with Crippen LogP contribution in [-0.4, -0.2) is 26.8 Å². The van der Waals surface area contributed by atoms with E-state index in [4.69, 9.17) is 11.6 Å². The van der Waals surface area contributed by atoms with Crippen LogP contribution in [0.15, 0.2) is 22.7 Å². The highest BCUT2D eigenvalue weighted by molar-refractivity contribution is 9.10. The summed E-state index contributed by atoms with van der Waals surface area (Å²) in [6.45, 7) is 2.93. The average Bonchev–Trinajstić information content (AvgIpc) is 2.74. The SMILES string of the molecule is CCNC(Cc1nnn(C)n1)c1ccc(Cl)cc1Br. The molecule has 0 aliphatic rings. The molecule has 0 saturated carbocycles. The zero-order valence-corrected chi connectivity index (χ0v) is 13.1. The zero-order valence-electron chi connectivity index (χ0n) is 10.8. The van der Waals surface area contributed by atoms with Crippen molar-refractivity contribution in [1.29, 1.82) is 0 Å². The number of nitrogens with one attached hydrogen (secondary N) is 1. The molecular weight excluding hydrogens is 330 g/mol. The molecule has 0 fully saturated rings. The summed E-state index contributed by atoms with van der Waals surface area (Å²) in [6.07, 6.45) is 0.682. The van der Waals surface area contributed by atoms with Gasteiger partial charge in [0, 0.05) is 22.0 Å². The van der Waals surface area contributed by atoms with Gasteiger partial charge in [0.25, 0.3) is 0 Å². The number of aromatic nitrogens is 4. The number of nitrogens with zero attached hydrogens (tertiary/aromatic N) is 4. The van der Waals surface area contributed by atoms with Crippen molar-refractivity contribution in [3.05, 3.63) is 39.1 Å². The lowest BCUT2D eigenvalue weighted by molar-refractivity contribution is 0.533. The Morgan fingerprint density at radius 3 is 2.84 bits per heavy atom. The molecular formula is C12H15BrClN5. The van der Waals surface area contributed by atoms with Crippen LogP contribution in [0.1, 0.15) is 24.4 Å². The second-order valence-electron chi connectivity index (χ2n) is 4.18. The molecule has 0 aliphatic heterocycles. The molecule has 0 saturated heterocycles. The highest BCUT2D eigenvalue weighted by atomic mass is 79.9. The van der Waals surface area contributed by atoms with Crippen LogP contribution in [0.5, 0.6) is 0 Å². The van der Waals surface area contributed by atoms with Crippen molar-refractivity contribution >= 4 is 27.5 Å². The Balaban J connectivity index is 2.23. The van der Waals surface area contributed by atoms with Crippen molar-refractivity contribution < 1.29 is 0 Å². The summed E-state index contributed by atoms with van der Waals surface area (Å²) < 4.78 is 0.981. The van der Waals surface area contributed by atoms with Crippen molar-refractivity contribution in [3.63, 3.8) is 0 Å². The maximum absolute atomic E-state index is 5.97. The molecule has 1 aromatic heterocycles. The quantitative estimate of drug-likeness (QED) is 0.905. The van der Waals surface area contributed by atoms with Gasteiger partial charge in [-0.15, -0.1) is 10.2 Å². The molecule has 0 spiro atoms. The average molecular weight is 345 g/mol. The largest absolute Gasteiger partial charge is 0.310 e. The van der Waals surface area contributed by atoms with Gasteiger partial charge in [-0.3, -0.25) is 0 Å². The third-order valence-electron chi connectivity index (χ3n) is 2.72. The first-order valence-corrected chi connectivity index (χ1v) is 7.18. The standard InChI is InChI=1S/C12H15BrClN5/c1-3-15-11(7-12-16-18-19(2)17-12)9-5-4-8(14)6-10(9)13/h4-6,11,15H,3,7H2,1-2H3. The third kappa shape index (κ3) is 3.75. The predicted octanol–water partition coefficient (Wildman–Crippen LogP) is 2.52. The Morgan fingerprint density at radius 1 is 1.47 bits per heavy atom. The van der Waals surface area contributed by atoms with Crippen LogP contribution in [0.2, 0.25) is 5.02 Å². The van der Waals surface area contributed by atoms with E-state index >= 15 is 0 Å². The smallest absolute Gasteiger partial charge is 0.176 e. The van der Waals surface area contributed by atoms with Gasteiger partial charge in [0.15, 0.2) is 5.82 Å². The Hall–Kier alpha value is -0.980. The number of aryl methyl sites for hydroxylation is 1. The number of hydrogen-bond donors (Lipinski definition) is 1. The number of halogens is 2. The van der Waals surface area contributed by atoms with Crippen LogP contribution in [0.3, 0.4) is 0 Å². The number of rotatable bonds is 5. The van der Waals surface area contributed by atoms with Crippen LogP contribution < -0.4 is 5.32 Å². The van der Waals surface area contributed by atoms with E-state index in [0.717, 1.165) is 22.4 Å². The highest BCUT2D eigenvalue weighted by Crippen LogP contribution is 2.28. The summed E-state index contributed by atoms with van der Waals surface area (Å²) in [5.41, 5.74) is 1.14. The topological polar surface area (TPSA) is 55.6 Å². The Kier molecular flexibility index (Phi) is 4.90. The van der Waals surface area contributed by atoms with Crippen molar-refractivity contribution in [2.75, 3.05) is 6.54 Å². The van der Waals surface area contributed by atoms with Gasteiger partial charge < -0.3 is 5.32 Å². The molecule has 7 heteroatoms. The van der Waals surface area contributed by atoms with Gasteiger partial charge in [-0.25, -0.2) is 0 Å². The second kappa shape index (κ2) is 6.45. The summed E-state index contributed by atoms with van der Waals surface area (Å²) >= 11 is 9.52. The van der Waals surface area contributed by atoms with Crippen LogP contribution in [0.4, 0.5) is 0 Å². The minimum atomic E-state index is 0.126. The molecule has 1 heterocycles. The fourth-order valence-corrected chi connectivity index (χ4v) is 2.87. The molecule has 1 unspecified atom stereocenters. The molecule has 1 N–H and O–H groups in total. The lowest BCUT2D eigenvalue weighted by atomic mass is 10.0. The molecule has 0 bridgehead atoms. The molecule has 102 valence electrons. The van der Waals surface area contributed by atoms with Gasteiger partial charge in [-0.2, -0.15) is 4.80 Å². The molecule has 1 atom stereocenters. The summed E-state index contributed by atoms with van der Waals surface area (Å²) in [5, 5.41) is 16.2. The molecule has 0 amide bonds. The van der Waals surface area contributed by atoms with E-state index in [-0.39, 0.29) is 6.04 Å². The van der Waals surface area contributed by atoms with Crippen molar-refractivity contribution in [3.8, 4) is 0 Å². The van der Waals surface area contributed by atoms with Gasteiger partial charge >= 0.3 is 0 Å². The normalized spacial score (nSPS) is 12.6. The first-order valence-electron chi connectivity index (χ1n) is 6.01. The number of hydrogen-bond acceptors (Lipinski definition) is 4. The van der Waals surface area contributed by atoms with E-state index in [1.807, 2.05) is 18.2 Å². The van der Waals surface area contributed by atoms with Gasteiger partial charge in [0.2, 0.25) is 0 Å². The molecule has 0 radical (unpaired) electrons. The van der Waals surface area contributed by atoms with Gasteiger partial charge in [0.1, 0.15) is 0 Å². The molecule has 19 heavy (non-hydrogen) atoms. The van der Waals surface area contributed by atoms with Gasteiger partial charge in [-0.05, 0) is 29.5 Å². The lowest BCUT2D eigenvalue weighted by Gasteiger charge is -2.18. The van der Waals surface area contributed by atoms with Crippen LogP contribution in [0.25, 0.3) is 0 Å². The Morgan fingerprint density at radius 2 is 2.26 bits per heavy atom. The monoisotopic (exact) mass is 343 g/mol. The Labute approximate surface area is 125 Å². The van der Waals surface area contributed by atoms with Crippen molar-refractivity contribution in [2.45, 2.75) is 19.4 Å². The van der Waals surface area contributed by atoms with Crippen LogP contribution in [0, 0.1) is 0 Å². The first-order chi connectivity index (χ1) is 9.10. The molecule has 2 aromatic rings. The summed E-state index contributed by atoms with van der Waals surface area (Å²) in [6, 6.07) is 5.91. The van der Waals surface area contributed by atoms with E-state index in [1.54, 1.807) is 7.05 Å². The number of likely N-dealkylation sites (N-methyl/N-ethyl adjacent to an activating group) is 1. The number of tetrazole rings is 1. The fraction of sp³-hybridized carbons (Fsp3) is 0.417. The van der Waals surface area contributed by atoms with E-state index in [9.17, 15) is 0 Å². The van der Waals surface area contributed by atoms with Crippen LogP contribution in [-0.2, 0) is 13.5 Å². The van der Waals surface area contributed by atoms with E-state index in [2.05, 4.69) is 43.6 Å². The maximum Gasteiger partial charge on any atom is 0.176 e. The number of benzene rings is 1. The molecule has 0 aliphatic carbocycles. The fourth-order valence-electron chi connectivity index (χ4n) is 1.91. The molecule has 1 aromatic carbocycles. The second-order valence-corrected chi connectivity index (χ2v) is 5.47. The van der Waals surface area contributed by atoms with Gasteiger partial charge in [-0.1, -0.05) is 40.5 Å². The summed E-state index contributed by atoms with van der Waals surface area (Å²) in [5.74, 6) is 0.718. The third-order valence-corrected chi connectivity index (χ3v) is 3.65. The van der Waals surface area contributed by atoms with Crippen molar-refractivity contribution in [2.24, 2.45) is 7.05 Å². The molecule has 5 nitrogen and oxygen atoms in total. The minimum absolute atomic E-state index is 0.126. The van der Waals surface area contributed by atoms with Crippen molar-refractivity contribution in [1.82, 2.24) is 25.5 Å². The maximum atomic E-state index is 5.97. The minimum Gasteiger partial charge on any atom is -0.310 e. The van der Waals surface area contributed by atoms with E-state index in [0.29, 0.717) is 11.4 Å². The highest BCUT2D eigenvalue weighted by Gasteiger charge is 2.17. The zero-order chi connectivity index (χ0) is 13.8. The van der Waals surface area contributed by atoms with Crippen LogP contribution >= 0.6 is 27.5 Å². The Bertz CT molecular complexity index is 557. The first kappa shape index (κ1) is 14.4. The van der Waals surface area contributed by atoms with E-state index < -0.39 is 0 Å².